The minimum absolute atomic E-state index is 0.0267. The maximum atomic E-state index is 12.8. The fraction of sp³-hybridized carbons (Fsp3) is 0.714. The Morgan fingerprint density at radius 2 is 2.05 bits per heavy atom. The van der Waals surface area contributed by atoms with Crippen molar-refractivity contribution in [2.24, 2.45) is 0 Å². The Labute approximate surface area is 128 Å². The van der Waals surface area contributed by atoms with Crippen molar-refractivity contribution in [3.63, 3.8) is 0 Å². The minimum atomic E-state index is -0.275. The number of aromatic nitrogens is 1. The van der Waals surface area contributed by atoms with Gasteiger partial charge in [0.1, 0.15) is 10.7 Å². The number of nitrogens with one attached hydrogen (secondary N) is 1. The zero-order chi connectivity index (χ0) is 15.1. The van der Waals surface area contributed by atoms with Gasteiger partial charge in [-0.3, -0.25) is 4.79 Å². The molecule has 2 fully saturated rings. The average molecular weight is 310 g/mol. The van der Waals surface area contributed by atoms with Crippen LogP contribution in [0.2, 0.25) is 0 Å². The van der Waals surface area contributed by atoms with E-state index in [1.165, 1.54) is 11.3 Å². The molecular formula is C14H22N4O2S. The summed E-state index contributed by atoms with van der Waals surface area (Å²) in [6.45, 7) is 4.04. The lowest BCUT2D eigenvalue weighted by Crippen LogP contribution is -2.47. The predicted molar refractivity (Wildman–Crippen MR) is 83.5 cm³/mol. The lowest BCUT2D eigenvalue weighted by molar-refractivity contribution is 0.0291. The van der Waals surface area contributed by atoms with Gasteiger partial charge in [-0.05, 0) is 39.5 Å². The Bertz CT molecular complexity index is 531. The minimum Gasteiger partial charge on any atom is -0.393 e. The van der Waals surface area contributed by atoms with Gasteiger partial charge in [-0.25, -0.2) is 4.98 Å². The molecule has 1 aromatic heterocycles. The number of nitrogen functional groups attached to an aromatic ring is 1. The van der Waals surface area contributed by atoms with Crippen molar-refractivity contribution in [2.45, 2.75) is 63.8 Å². The number of nitrogens with zero attached hydrogens (tertiary/aromatic N) is 2. The molecule has 2 unspecified atom stereocenters. The number of hydrogen-bond acceptors (Lipinski definition) is 6. The first-order valence-corrected chi connectivity index (χ1v) is 8.31. The fourth-order valence-corrected chi connectivity index (χ4v) is 4.37. The van der Waals surface area contributed by atoms with E-state index in [1.807, 2.05) is 18.7 Å². The Morgan fingerprint density at radius 3 is 2.62 bits per heavy atom. The van der Waals surface area contributed by atoms with Crippen LogP contribution in [0.3, 0.4) is 0 Å². The molecule has 0 aliphatic carbocycles. The maximum Gasteiger partial charge on any atom is 0.268 e. The highest BCUT2D eigenvalue weighted by Crippen LogP contribution is 2.38. The largest absolute Gasteiger partial charge is 0.393 e. The number of carbonyl (C=O) groups is 1. The molecule has 3 rings (SSSR count). The standard InChI is InChI=1S/C14H22N4O2S/c1-7(2)16-14-17-12(15)11(21-14)13(20)18-8-3-4-9(18)6-10(19)5-8/h7-10,19H,3-6,15H2,1-2H3,(H,16,17). The number of nitrogens with two attached hydrogens (primary N) is 1. The number of aliphatic hydroxyl groups is 1. The van der Waals surface area contributed by atoms with Gasteiger partial charge in [0.05, 0.1) is 6.10 Å². The molecule has 2 atom stereocenters. The van der Waals surface area contributed by atoms with E-state index in [0.29, 0.717) is 28.7 Å². The molecule has 3 heterocycles. The van der Waals surface area contributed by atoms with E-state index in [9.17, 15) is 9.90 Å². The summed E-state index contributed by atoms with van der Waals surface area (Å²) in [5, 5.41) is 13.7. The zero-order valence-corrected chi connectivity index (χ0v) is 13.2. The molecule has 4 N–H and O–H groups in total. The van der Waals surface area contributed by atoms with Crippen molar-refractivity contribution in [3.8, 4) is 0 Å². The highest BCUT2D eigenvalue weighted by Gasteiger charge is 2.43. The van der Waals surface area contributed by atoms with E-state index >= 15 is 0 Å². The predicted octanol–water partition coefficient (Wildman–Crippen LogP) is 1.67. The number of rotatable bonds is 3. The molecule has 0 radical (unpaired) electrons. The number of thiazole rings is 1. The Kier molecular flexibility index (Phi) is 3.79. The number of anilines is 2. The van der Waals surface area contributed by atoms with Crippen molar-refractivity contribution in [3.05, 3.63) is 4.88 Å². The zero-order valence-electron chi connectivity index (χ0n) is 12.4. The number of carbonyl (C=O) groups excluding carboxylic acids is 1. The Hall–Kier alpha value is -1.34. The fourth-order valence-electron chi connectivity index (χ4n) is 3.39. The van der Waals surface area contributed by atoms with Gasteiger partial charge >= 0.3 is 0 Å². The maximum absolute atomic E-state index is 12.8. The van der Waals surface area contributed by atoms with Crippen molar-refractivity contribution in [1.82, 2.24) is 9.88 Å². The third-order valence-corrected chi connectivity index (χ3v) is 5.19. The van der Waals surface area contributed by atoms with E-state index in [0.717, 1.165) is 12.8 Å². The molecular weight excluding hydrogens is 288 g/mol. The number of fused-ring (bicyclic) bond motifs is 2. The third-order valence-electron chi connectivity index (χ3n) is 4.20. The van der Waals surface area contributed by atoms with Crippen molar-refractivity contribution in [1.29, 1.82) is 0 Å². The van der Waals surface area contributed by atoms with Crippen LogP contribution in [0.5, 0.6) is 0 Å². The molecule has 0 saturated carbocycles. The van der Waals surface area contributed by atoms with Gasteiger partial charge in [0, 0.05) is 18.1 Å². The van der Waals surface area contributed by atoms with E-state index in [4.69, 9.17) is 5.73 Å². The number of piperidine rings is 1. The highest BCUT2D eigenvalue weighted by molar-refractivity contribution is 7.18. The average Bonchev–Trinajstić information content (AvgIpc) is 2.87. The summed E-state index contributed by atoms with van der Waals surface area (Å²) in [5.41, 5.74) is 5.93. The molecule has 0 aromatic carbocycles. The molecule has 2 aliphatic rings. The molecule has 2 saturated heterocycles. The molecule has 7 heteroatoms. The molecule has 21 heavy (non-hydrogen) atoms. The highest BCUT2D eigenvalue weighted by atomic mass is 32.1. The quantitative estimate of drug-likeness (QED) is 0.790. The lowest BCUT2D eigenvalue weighted by Gasteiger charge is -2.36. The number of hydrogen-bond donors (Lipinski definition) is 3. The SMILES string of the molecule is CC(C)Nc1nc(N)c(C(=O)N2C3CCC2CC(O)C3)s1. The van der Waals surface area contributed by atoms with Gasteiger partial charge in [0.15, 0.2) is 5.13 Å². The summed E-state index contributed by atoms with van der Waals surface area (Å²) < 4.78 is 0. The normalized spacial score (nSPS) is 28.2. The third kappa shape index (κ3) is 2.72. The summed E-state index contributed by atoms with van der Waals surface area (Å²) in [4.78, 5) is 19.5. The smallest absolute Gasteiger partial charge is 0.268 e. The first-order chi connectivity index (χ1) is 9.95. The van der Waals surface area contributed by atoms with Crippen LogP contribution in [0, 0.1) is 0 Å². The summed E-state index contributed by atoms with van der Waals surface area (Å²) in [5.74, 6) is 0.278. The van der Waals surface area contributed by atoms with E-state index in [1.54, 1.807) is 0 Å². The summed E-state index contributed by atoms with van der Waals surface area (Å²) >= 11 is 1.32. The Balaban J connectivity index is 1.81. The van der Waals surface area contributed by atoms with E-state index < -0.39 is 0 Å². The van der Waals surface area contributed by atoms with Crippen LogP contribution in [-0.4, -0.2) is 45.1 Å². The summed E-state index contributed by atoms with van der Waals surface area (Å²) in [7, 11) is 0. The van der Waals surface area contributed by atoms with Crippen LogP contribution in [-0.2, 0) is 0 Å². The van der Waals surface area contributed by atoms with Crippen LogP contribution in [0.15, 0.2) is 0 Å². The molecule has 116 valence electrons. The molecule has 1 amide bonds. The van der Waals surface area contributed by atoms with Gasteiger partial charge in [0.25, 0.3) is 5.91 Å². The van der Waals surface area contributed by atoms with Crippen LogP contribution in [0.1, 0.15) is 49.2 Å². The van der Waals surface area contributed by atoms with Crippen LogP contribution < -0.4 is 11.1 Å². The van der Waals surface area contributed by atoms with Gasteiger partial charge < -0.3 is 21.1 Å². The van der Waals surface area contributed by atoms with Gasteiger partial charge in [-0.2, -0.15) is 0 Å². The van der Waals surface area contributed by atoms with E-state index in [2.05, 4.69) is 10.3 Å². The topological polar surface area (TPSA) is 91.5 Å². The van der Waals surface area contributed by atoms with Gasteiger partial charge in [-0.1, -0.05) is 11.3 Å². The first-order valence-electron chi connectivity index (χ1n) is 7.49. The first kappa shape index (κ1) is 14.6. The van der Waals surface area contributed by atoms with Crippen molar-refractivity contribution >= 4 is 28.2 Å². The molecule has 2 aliphatic heterocycles. The summed E-state index contributed by atoms with van der Waals surface area (Å²) in [6, 6.07) is 0.545. The van der Waals surface area contributed by atoms with Crippen molar-refractivity contribution < 1.29 is 9.90 Å². The Morgan fingerprint density at radius 1 is 1.43 bits per heavy atom. The second-order valence-corrected chi connectivity index (χ2v) is 7.25. The lowest BCUT2D eigenvalue weighted by atomic mass is 10.00. The van der Waals surface area contributed by atoms with Gasteiger partial charge in [0.2, 0.25) is 0 Å². The molecule has 6 nitrogen and oxygen atoms in total. The van der Waals surface area contributed by atoms with Crippen LogP contribution >= 0.6 is 11.3 Å². The van der Waals surface area contributed by atoms with E-state index in [-0.39, 0.29) is 30.1 Å². The summed E-state index contributed by atoms with van der Waals surface area (Å²) in [6.07, 6.45) is 3.03. The van der Waals surface area contributed by atoms with Crippen molar-refractivity contribution in [2.75, 3.05) is 11.1 Å². The molecule has 1 aromatic rings. The monoisotopic (exact) mass is 310 g/mol. The second-order valence-electron chi connectivity index (χ2n) is 6.26. The second kappa shape index (κ2) is 5.46. The number of aliphatic hydroxyl groups excluding tert-OH is 1. The van der Waals surface area contributed by atoms with Crippen LogP contribution in [0.4, 0.5) is 10.9 Å². The van der Waals surface area contributed by atoms with Gasteiger partial charge in [-0.15, -0.1) is 0 Å². The number of amides is 1. The molecule has 2 bridgehead atoms. The molecule has 0 spiro atoms. The van der Waals surface area contributed by atoms with Crippen LogP contribution in [0.25, 0.3) is 0 Å².